The normalized spacial score (nSPS) is 14.9. The molecule has 0 atom stereocenters. The average Bonchev–Trinajstić information content (AvgIpc) is 3.18. The second kappa shape index (κ2) is 6.00. The van der Waals surface area contributed by atoms with Crippen molar-refractivity contribution in [3.05, 3.63) is 11.9 Å². The molecule has 18 heavy (non-hydrogen) atoms. The van der Waals surface area contributed by atoms with Crippen LogP contribution in [0.3, 0.4) is 0 Å². The highest BCUT2D eigenvalue weighted by Gasteiger charge is 2.25. The molecule has 5 nitrogen and oxygen atoms in total. The molecule has 1 aliphatic carbocycles. The number of aromatic nitrogens is 2. The molecular formula is C13H22N4O. The van der Waals surface area contributed by atoms with Crippen molar-refractivity contribution in [2.75, 3.05) is 32.1 Å². The fraction of sp³-hybridized carbons (Fsp3) is 0.692. The van der Waals surface area contributed by atoms with Crippen LogP contribution in [0.1, 0.15) is 25.3 Å². The van der Waals surface area contributed by atoms with Crippen molar-refractivity contribution in [2.45, 2.75) is 32.7 Å². The van der Waals surface area contributed by atoms with Crippen molar-refractivity contribution in [2.24, 2.45) is 0 Å². The lowest BCUT2D eigenvalue weighted by Gasteiger charge is -2.17. The minimum atomic E-state index is 0.627. The smallest absolute Gasteiger partial charge is 0.221 e. The second-order valence-electron chi connectivity index (χ2n) is 4.72. The molecule has 2 rings (SSSR count). The van der Waals surface area contributed by atoms with Gasteiger partial charge >= 0.3 is 0 Å². The van der Waals surface area contributed by atoms with Crippen LogP contribution in [-0.4, -0.2) is 47.7 Å². The van der Waals surface area contributed by atoms with Gasteiger partial charge in [0.25, 0.3) is 0 Å². The van der Waals surface area contributed by atoms with Crippen LogP contribution in [0, 0.1) is 6.92 Å². The Morgan fingerprint density at radius 1 is 1.44 bits per heavy atom. The van der Waals surface area contributed by atoms with E-state index in [0.717, 1.165) is 30.5 Å². The molecule has 1 aliphatic rings. The summed E-state index contributed by atoms with van der Waals surface area (Å²) in [5, 5.41) is 3.35. The summed E-state index contributed by atoms with van der Waals surface area (Å²) in [5.41, 5.74) is 0.980. The third kappa shape index (κ3) is 3.32. The van der Waals surface area contributed by atoms with E-state index in [0.29, 0.717) is 12.5 Å². The van der Waals surface area contributed by atoms with Crippen LogP contribution in [0.5, 0.6) is 5.88 Å². The van der Waals surface area contributed by atoms with Gasteiger partial charge in [0, 0.05) is 19.1 Å². The third-order valence-corrected chi connectivity index (χ3v) is 3.25. The lowest BCUT2D eigenvalue weighted by atomic mass is 10.3. The van der Waals surface area contributed by atoms with E-state index in [9.17, 15) is 0 Å². The molecule has 1 heterocycles. The zero-order valence-corrected chi connectivity index (χ0v) is 11.4. The van der Waals surface area contributed by atoms with Gasteiger partial charge in [-0.2, -0.15) is 0 Å². The lowest BCUT2D eigenvalue weighted by molar-refractivity contribution is 0.323. The number of rotatable bonds is 7. The first-order chi connectivity index (χ1) is 8.72. The summed E-state index contributed by atoms with van der Waals surface area (Å²) in [5.74, 6) is 1.54. The Morgan fingerprint density at radius 3 is 2.89 bits per heavy atom. The zero-order valence-electron chi connectivity index (χ0n) is 11.4. The van der Waals surface area contributed by atoms with Gasteiger partial charge in [0.05, 0.1) is 12.2 Å². The number of ether oxygens (including phenoxy) is 1. The first-order valence-corrected chi connectivity index (χ1v) is 6.61. The van der Waals surface area contributed by atoms with Crippen molar-refractivity contribution >= 4 is 5.82 Å². The van der Waals surface area contributed by atoms with Gasteiger partial charge in [-0.1, -0.05) is 0 Å². The minimum absolute atomic E-state index is 0.627. The SMILES string of the molecule is CCOc1ncnc(NCCN(C)C2CC2)c1C. The number of nitrogens with one attached hydrogen (secondary N) is 1. The Balaban J connectivity index is 1.86. The van der Waals surface area contributed by atoms with Gasteiger partial charge in [-0.15, -0.1) is 0 Å². The Kier molecular flexibility index (Phi) is 4.36. The molecular weight excluding hydrogens is 228 g/mol. The maximum Gasteiger partial charge on any atom is 0.221 e. The van der Waals surface area contributed by atoms with Gasteiger partial charge in [-0.25, -0.2) is 9.97 Å². The fourth-order valence-corrected chi connectivity index (χ4v) is 1.94. The van der Waals surface area contributed by atoms with Crippen LogP contribution >= 0.6 is 0 Å². The molecule has 0 aromatic carbocycles. The monoisotopic (exact) mass is 250 g/mol. The molecule has 5 heteroatoms. The molecule has 0 radical (unpaired) electrons. The van der Waals surface area contributed by atoms with Gasteiger partial charge in [0.15, 0.2) is 0 Å². The van der Waals surface area contributed by atoms with E-state index in [1.165, 1.54) is 12.8 Å². The highest BCUT2D eigenvalue weighted by atomic mass is 16.5. The van der Waals surface area contributed by atoms with Crippen molar-refractivity contribution in [1.82, 2.24) is 14.9 Å². The van der Waals surface area contributed by atoms with Gasteiger partial charge in [0.1, 0.15) is 12.1 Å². The Bertz CT molecular complexity index is 393. The maximum atomic E-state index is 5.45. The minimum Gasteiger partial charge on any atom is -0.478 e. The van der Waals surface area contributed by atoms with Gasteiger partial charge in [-0.05, 0) is 33.7 Å². The van der Waals surface area contributed by atoms with Crippen molar-refractivity contribution in [3.63, 3.8) is 0 Å². The zero-order chi connectivity index (χ0) is 13.0. The fourth-order valence-electron chi connectivity index (χ4n) is 1.94. The van der Waals surface area contributed by atoms with Gasteiger partial charge < -0.3 is 15.0 Å². The molecule has 100 valence electrons. The summed E-state index contributed by atoms with van der Waals surface area (Å²) in [7, 11) is 2.18. The molecule has 0 aliphatic heterocycles. The number of hydrogen-bond donors (Lipinski definition) is 1. The van der Waals surface area contributed by atoms with Gasteiger partial charge in [0.2, 0.25) is 5.88 Å². The van der Waals surface area contributed by atoms with E-state index >= 15 is 0 Å². The van der Waals surface area contributed by atoms with Crippen LogP contribution in [0.25, 0.3) is 0 Å². The molecule has 0 saturated heterocycles. The van der Waals surface area contributed by atoms with Crippen LogP contribution in [0.2, 0.25) is 0 Å². The quantitative estimate of drug-likeness (QED) is 0.798. The summed E-state index contributed by atoms with van der Waals surface area (Å²) in [6.45, 7) is 6.51. The summed E-state index contributed by atoms with van der Waals surface area (Å²) in [6, 6.07) is 0.803. The molecule has 1 N–H and O–H groups in total. The Morgan fingerprint density at radius 2 is 2.22 bits per heavy atom. The molecule has 1 aromatic rings. The van der Waals surface area contributed by atoms with E-state index in [2.05, 4.69) is 27.2 Å². The summed E-state index contributed by atoms with van der Waals surface area (Å²) >= 11 is 0. The first-order valence-electron chi connectivity index (χ1n) is 6.61. The molecule has 0 bridgehead atoms. The van der Waals surface area contributed by atoms with E-state index < -0.39 is 0 Å². The predicted octanol–water partition coefficient (Wildman–Crippen LogP) is 1.69. The van der Waals surface area contributed by atoms with Crippen LogP contribution in [0.4, 0.5) is 5.82 Å². The molecule has 1 aromatic heterocycles. The average molecular weight is 250 g/mol. The van der Waals surface area contributed by atoms with Crippen molar-refractivity contribution < 1.29 is 4.74 Å². The number of nitrogens with zero attached hydrogens (tertiary/aromatic N) is 3. The Labute approximate surface area is 109 Å². The molecule has 1 fully saturated rings. The molecule has 1 saturated carbocycles. The largest absolute Gasteiger partial charge is 0.478 e. The summed E-state index contributed by atoms with van der Waals surface area (Å²) in [4.78, 5) is 10.8. The van der Waals surface area contributed by atoms with Crippen molar-refractivity contribution in [1.29, 1.82) is 0 Å². The van der Waals surface area contributed by atoms with E-state index in [4.69, 9.17) is 4.74 Å². The standard InChI is InChI=1S/C13H22N4O/c1-4-18-13-10(2)12(15-9-16-13)14-7-8-17(3)11-5-6-11/h9,11H,4-8H2,1-3H3,(H,14,15,16). The third-order valence-electron chi connectivity index (χ3n) is 3.25. The van der Waals surface area contributed by atoms with E-state index in [1.807, 2.05) is 13.8 Å². The van der Waals surface area contributed by atoms with Crippen molar-refractivity contribution in [3.8, 4) is 5.88 Å². The maximum absolute atomic E-state index is 5.45. The highest BCUT2D eigenvalue weighted by Crippen LogP contribution is 2.25. The van der Waals surface area contributed by atoms with Crippen LogP contribution in [0.15, 0.2) is 6.33 Å². The van der Waals surface area contributed by atoms with Crippen LogP contribution in [-0.2, 0) is 0 Å². The van der Waals surface area contributed by atoms with Gasteiger partial charge in [-0.3, -0.25) is 0 Å². The number of anilines is 1. The topological polar surface area (TPSA) is 50.3 Å². The lowest BCUT2D eigenvalue weighted by Crippen LogP contribution is -2.27. The Hall–Kier alpha value is -1.36. The second-order valence-corrected chi connectivity index (χ2v) is 4.72. The highest BCUT2D eigenvalue weighted by molar-refractivity contribution is 5.47. The first kappa shape index (κ1) is 13.1. The molecule has 0 unspecified atom stereocenters. The van der Waals surface area contributed by atoms with E-state index in [-0.39, 0.29) is 0 Å². The predicted molar refractivity (Wildman–Crippen MR) is 72.1 cm³/mol. The van der Waals surface area contributed by atoms with Crippen LogP contribution < -0.4 is 10.1 Å². The number of likely N-dealkylation sites (N-methyl/N-ethyl adjacent to an activating group) is 1. The number of hydrogen-bond acceptors (Lipinski definition) is 5. The molecule has 0 spiro atoms. The summed E-state index contributed by atoms with van der Waals surface area (Å²) in [6.07, 6.45) is 4.24. The van der Waals surface area contributed by atoms with E-state index in [1.54, 1.807) is 6.33 Å². The summed E-state index contributed by atoms with van der Waals surface area (Å²) < 4.78 is 5.45. The molecule has 0 amide bonds.